The highest BCUT2D eigenvalue weighted by Gasteiger charge is 2.49. The fraction of sp³-hybridized carbons (Fsp3) is 1.00. The summed E-state index contributed by atoms with van der Waals surface area (Å²) in [5.41, 5.74) is 0. The van der Waals surface area contributed by atoms with Crippen LogP contribution in [-0.4, -0.2) is 44.2 Å². The average Bonchev–Trinajstić information content (AvgIpc) is 2.58. The molecule has 1 saturated heterocycles. The van der Waals surface area contributed by atoms with Crippen molar-refractivity contribution in [3.05, 3.63) is 0 Å². The Morgan fingerprint density at radius 2 is 1.75 bits per heavy atom. The van der Waals surface area contributed by atoms with Crippen LogP contribution in [0.15, 0.2) is 0 Å². The Kier molecular flexibility index (Phi) is 1.72. The maximum atomic E-state index is 11.6. The van der Waals surface area contributed by atoms with Crippen molar-refractivity contribution >= 4 is 10.2 Å². The molecule has 5 heteroatoms. The maximum Gasteiger partial charge on any atom is 0.281 e. The first-order valence-corrected chi connectivity index (χ1v) is 5.59. The van der Waals surface area contributed by atoms with E-state index in [4.69, 9.17) is 0 Å². The third kappa shape index (κ3) is 1.16. The number of hydrogen-bond donors (Lipinski definition) is 0. The van der Waals surface area contributed by atoms with E-state index in [0.29, 0.717) is 11.8 Å². The Balaban J connectivity index is 2.10. The summed E-state index contributed by atoms with van der Waals surface area (Å²) in [5, 5.41) is 0. The number of rotatable bonds is 2. The van der Waals surface area contributed by atoms with Crippen LogP contribution in [0, 0.1) is 11.8 Å². The van der Waals surface area contributed by atoms with Crippen molar-refractivity contribution in [2.75, 3.05) is 27.2 Å². The molecule has 2 unspecified atom stereocenters. The summed E-state index contributed by atoms with van der Waals surface area (Å²) in [6.45, 7) is 1.48. The molecule has 2 atom stereocenters. The smallest absolute Gasteiger partial charge is 0.195 e. The predicted octanol–water partition coefficient (Wildman–Crippen LogP) is -0.255. The molecule has 70 valence electrons. The maximum absolute atomic E-state index is 11.6. The summed E-state index contributed by atoms with van der Waals surface area (Å²) in [7, 11) is 0.0528. The summed E-state index contributed by atoms with van der Waals surface area (Å²) in [4.78, 5) is 0. The second kappa shape index (κ2) is 2.43. The molecule has 2 fully saturated rings. The van der Waals surface area contributed by atoms with E-state index in [1.165, 1.54) is 10.7 Å². The van der Waals surface area contributed by atoms with E-state index in [9.17, 15) is 8.42 Å². The fourth-order valence-electron chi connectivity index (χ4n) is 1.77. The number of nitrogens with zero attached hydrogens (tertiary/aromatic N) is 2. The van der Waals surface area contributed by atoms with Gasteiger partial charge in [0.15, 0.2) is 0 Å². The van der Waals surface area contributed by atoms with Gasteiger partial charge in [-0.15, -0.1) is 0 Å². The fourth-order valence-corrected chi connectivity index (χ4v) is 3.00. The minimum atomic E-state index is -3.11. The van der Waals surface area contributed by atoms with Gasteiger partial charge in [0.2, 0.25) is 0 Å². The first-order valence-electron chi connectivity index (χ1n) is 4.19. The number of hydrogen-bond acceptors (Lipinski definition) is 2. The van der Waals surface area contributed by atoms with Crippen molar-refractivity contribution in [2.24, 2.45) is 11.8 Å². The van der Waals surface area contributed by atoms with Crippen molar-refractivity contribution in [3.8, 4) is 0 Å². The van der Waals surface area contributed by atoms with Crippen LogP contribution >= 0.6 is 0 Å². The molecule has 0 aromatic carbocycles. The van der Waals surface area contributed by atoms with Crippen molar-refractivity contribution in [3.63, 3.8) is 0 Å². The van der Waals surface area contributed by atoms with E-state index in [1.54, 1.807) is 18.4 Å². The topological polar surface area (TPSA) is 40.6 Å². The summed E-state index contributed by atoms with van der Waals surface area (Å²) < 4.78 is 26.0. The Morgan fingerprint density at radius 1 is 1.25 bits per heavy atom. The lowest BCUT2D eigenvalue weighted by atomic mass is 10.4. The van der Waals surface area contributed by atoms with Gasteiger partial charge in [0, 0.05) is 27.2 Å². The molecule has 0 N–H and O–H groups in total. The Bertz CT molecular complexity index is 276. The molecular formula is C7H14N2O2S. The average molecular weight is 190 g/mol. The molecule has 4 nitrogen and oxygen atoms in total. The van der Waals surface area contributed by atoms with Gasteiger partial charge in [-0.1, -0.05) is 0 Å². The van der Waals surface area contributed by atoms with Gasteiger partial charge in [0.25, 0.3) is 10.2 Å². The zero-order valence-electron chi connectivity index (χ0n) is 7.40. The molecule has 0 aromatic heterocycles. The third-order valence-electron chi connectivity index (χ3n) is 2.73. The van der Waals surface area contributed by atoms with E-state index < -0.39 is 10.2 Å². The molecule has 0 spiro atoms. The van der Waals surface area contributed by atoms with Gasteiger partial charge in [-0.25, -0.2) is 0 Å². The van der Waals surface area contributed by atoms with Crippen LogP contribution < -0.4 is 0 Å². The standard InChI is InChI=1S/C7H14N2O2S/c1-8(2)12(10,11)9-4-6-3-7(6)5-9/h6-7H,3-5H2,1-2H3. The van der Waals surface area contributed by atoms with Crippen molar-refractivity contribution < 1.29 is 8.42 Å². The second-order valence-corrected chi connectivity index (χ2v) is 6.01. The Labute approximate surface area is 73.3 Å². The molecule has 0 bridgehead atoms. The van der Waals surface area contributed by atoms with Gasteiger partial charge in [0.05, 0.1) is 0 Å². The Hall–Kier alpha value is -0.130. The molecule has 1 aliphatic heterocycles. The first kappa shape index (κ1) is 8.47. The normalized spacial score (nSPS) is 35.6. The van der Waals surface area contributed by atoms with Crippen LogP contribution in [0.1, 0.15) is 6.42 Å². The first-order chi connectivity index (χ1) is 5.51. The molecular weight excluding hydrogens is 176 g/mol. The molecule has 2 aliphatic rings. The monoisotopic (exact) mass is 190 g/mol. The van der Waals surface area contributed by atoms with Gasteiger partial charge >= 0.3 is 0 Å². The predicted molar refractivity (Wildman–Crippen MR) is 45.8 cm³/mol. The van der Waals surface area contributed by atoms with E-state index in [2.05, 4.69) is 0 Å². The quantitative estimate of drug-likeness (QED) is 0.602. The second-order valence-electron chi connectivity index (χ2n) is 3.86. The number of fused-ring (bicyclic) bond motifs is 1. The highest BCUT2D eigenvalue weighted by Crippen LogP contribution is 2.45. The van der Waals surface area contributed by atoms with Crippen LogP contribution in [-0.2, 0) is 10.2 Å². The van der Waals surface area contributed by atoms with Gasteiger partial charge in [-0.2, -0.15) is 17.0 Å². The molecule has 1 aliphatic carbocycles. The summed E-state index contributed by atoms with van der Waals surface area (Å²) in [5.74, 6) is 1.33. The van der Waals surface area contributed by atoms with E-state index in [0.717, 1.165) is 13.1 Å². The molecule has 0 aromatic rings. The summed E-state index contributed by atoms with van der Waals surface area (Å²) in [6.07, 6.45) is 1.24. The lowest BCUT2D eigenvalue weighted by molar-refractivity contribution is 0.398. The van der Waals surface area contributed by atoms with Gasteiger partial charge in [-0.3, -0.25) is 0 Å². The molecule has 0 radical (unpaired) electrons. The molecule has 2 rings (SSSR count). The SMILES string of the molecule is CN(C)S(=O)(=O)N1CC2CC2C1. The lowest BCUT2D eigenvalue weighted by Gasteiger charge is -2.21. The third-order valence-corrected chi connectivity index (χ3v) is 4.61. The van der Waals surface area contributed by atoms with Crippen molar-refractivity contribution in [1.82, 2.24) is 8.61 Å². The van der Waals surface area contributed by atoms with Crippen LogP contribution in [0.2, 0.25) is 0 Å². The lowest BCUT2D eigenvalue weighted by Crippen LogP contribution is -2.39. The van der Waals surface area contributed by atoms with Gasteiger partial charge in [0.1, 0.15) is 0 Å². The van der Waals surface area contributed by atoms with Gasteiger partial charge in [-0.05, 0) is 18.3 Å². The highest BCUT2D eigenvalue weighted by molar-refractivity contribution is 7.86. The molecule has 12 heavy (non-hydrogen) atoms. The number of piperidine rings is 1. The van der Waals surface area contributed by atoms with E-state index in [-0.39, 0.29) is 0 Å². The minimum absolute atomic E-state index is 0.666. The largest absolute Gasteiger partial charge is 0.281 e. The van der Waals surface area contributed by atoms with Crippen LogP contribution in [0.25, 0.3) is 0 Å². The van der Waals surface area contributed by atoms with E-state index >= 15 is 0 Å². The van der Waals surface area contributed by atoms with Gasteiger partial charge < -0.3 is 0 Å². The van der Waals surface area contributed by atoms with Crippen molar-refractivity contribution in [1.29, 1.82) is 0 Å². The summed E-state index contributed by atoms with van der Waals surface area (Å²) >= 11 is 0. The van der Waals surface area contributed by atoms with Crippen LogP contribution in [0.3, 0.4) is 0 Å². The molecule has 0 amide bonds. The summed E-state index contributed by atoms with van der Waals surface area (Å²) in [6, 6.07) is 0. The van der Waals surface area contributed by atoms with Crippen molar-refractivity contribution in [2.45, 2.75) is 6.42 Å². The molecule has 1 heterocycles. The zero-order valence-corrected chi connectivity index (χ0v) is 8.21. The minimum Gasteiger partial charge on any atom is -0.195 e. The molecule has 1 saturated carbocycles. The Morgan fingerprint density at radius 3 is 2.17 bits per heavy atom. The van der Waals surface area contributed by atoms with Crippen LogP contribution in [0.4, 0.5) is 0 Å². The highest BCUT2D eigenvalue weighted by atomic mass is 32.2. The van der Waals surface area contributed by atoms with E-state index in [1.807, 2.05) is 0 Å². The zero-order chi connectivity index (χ0) is 8.93. The van der Waals surface area contributed by atoms with Crippen LogP contribution in [0.5, 0.6) is 0 Å².